The Hall–Kier alpha value is -2.79. The molecule has 0 aliphatic carbocycles. The molecule has 1 atom stereocenters. The van der Waals surface area contributed by atoms with Gasteiger partial charge in [0.2, 0.25) is 0 Å². The molecule has 0 radical (unpaired) electrons. The molecule has 1 fully saturated rings. The number of aromatic nitrogens is 2. The van der Waals surface area contributed by atoms with Crippen molar-refractivity contribution < 1.29 is 13.9 Å². The van der Waals surface area contributed by atoms with Gasteiger partial charge >= 0.3 is 0 Å². The molecule has 0 unspecified atom stereocenters. The van der Waals surface area contributed by atoms with Gasteiger partial charge in [0.1, 0.15) is 34.4 Å². The van der Waals surface area contributed by atoms with Crippen molar-refractivity contribution in [1.29, 1.82) is 0 Å². The first kappa shape index (κ1) is 21.4. The van der Waals surface area contributed by atoms with Gasteiger partial charge in [0.05, 0.1) is 6.04 Å². The van der Waals surface area contributed by atoms with Crippen molar-refractivity contribution in [3.8, 4) is 22.8 Å². The highest BCUT2D eigenvalue weighted by molar-refractivity contribution is 14.2. The second kappa shape index (κ2) is 9.15. The van der Waals surface area contributed by atoms with Crippen LogP contribution < -0.4 is 21.5 Å². The van der Waals surface area contributed by atoms with Gasteiger partial charge in [-0.1, -0.05) is 25.2 Å². The number of carbonyl (C=O) groups excluding carboxylic acids is 1. The average Bonchev–Trinajstić information content (AvgIpc) is 3.12. The molecule has 162 valence electrons. The van der Waals surface area contributed by atoms with E-state index in [1.54, 1.807) is 35.0 Å². The average molecular weight is 535 g/mol. The van der Waals surface area contributed by atoms with Gasteiger partial charge < -0.3 is 21.5 Å². The molecular formula is C22H23FIN5O2. The third-order valence-corrected chi connectivity index (χ3v) is 6.67. The Morgan fingerprint density at radius 1 is 1.26 bits per heavy atom. The summed E-state index contributed by atoms with van der Waals surface area (Å²) in [5, 5.41) is 7.95. The van der Waals surface area contributed by atoms with E-state index >= 15 is 0 Å². The van der Waals surface area contributed by atoms with Crippen LogP contribution in [0.25, 0.3) is 11.3 Å². The minimum atomic E-state index is -0.619. The summed E-state index contributed by atoms with van der Waals surface area (Å²) in [7, 11) is 0. The number of piperidine rings is 1. The number of nitrogens with two attached hydrogens (primary N) is 2. The van der Waals surface area contributed by atoms with Crippen molar-refractivity contribution in [3.63, 3.8) is 0 Å². The number of hydrogen-bond donors (Lipinski definition) is 3. The van der Waals surface area contributed by atoms with Crippen LogP contribution >= 0.6 is 20.7 Å². The predicted molar refractivity (Wildman–Crippen MR) is 128 cm³/mol. The van der Waals surface area contributed by atoms with Gasteiger partial charge in [-0.2, -0.15) is 5.10 Å². The molecule has 0 saturated carbocycles. The Morgan fingerprint density at radius 3 is 2.68 bits per heavy atom. The van der Waals surface area contributed by atoms with Crippen molar-refractivity contribution in [2.24, 2.45) is 5.73 Å². The summed E-state index contributed by atoms with van der Waals surface area (Å²) < 4.78 is 26.0. The maximum Gasteiger partial charge on any atom is 0.254 e. The zero-order valence-electron chi connectivity index (χ0n) is 16.8. The molecule has 0 bridgehead atoms. The number of benzene rings is 2. The molecule has 1 saturated heterocycles. The molecule has 1 aliphatic heterocycles. The van der Waals surface area contributed by atoms with Gasteiger partial charge in [0.25, 0.3) is 5.91 Å². The van der Waals surface area contributed by atoms with E-state index in [1.807, 2.05) is 0 Å². The van der Waals surface area contributed by atoms with Crippen molar-refractivity contribution in [2.75, 3.05) is 18.8 Å². The van der Waals surface area contributed by atoms with Gasteiger partial charge in [-0.05, 0) is 55.8 Å². The summed E-state index contributed by atoms with van der Waals surface area (Å²) >= 11 is -0.494. The van der Waals surface area contributed by atoms with E-state index in [2.05, 4.69) is 14.9 Å². The lowest BCUT2D eigenvalue weighted by Crippen LogP contribution is -2.32. The fourth-order valence-electron chi connectivity index (χ4n) is 3.69. The summed E-state index contributed by atoms with van der Waals surface area (Å²) in [5.41, 5.74) is 13.2. The smallest absolute Gasteiger partial charge is 0.254 e. The molecule has 1 aromatic heterocycles. The molecule has 1 amide bonds. The summed E-state index contributed by atoms with van der Waals surface area (Å²) in [6, 6.07) is 11.7. The second-order valence-corrected chi connectivity index (χ2v) is 9.29. The molecule has 3 aromatic rings. The zero-order valence-corrected chi connectivity index (χ0v) is 18.9. The highest BCUT2D eigenvalue weighted by Crippen LogP contribution is 2.33. The highest BCUT2D eigenvalue weighted by atomic mass is 127. The fraction of sp³-hybridized carbons (Fsp3) is 0.227. The zero-order chi connectivity index (χ0) is 22.0. The van der Waals surface area contributed by atoms with Gasteiger partial charge in [-0.25, -0.2) is 9.07 Å². The number of nitrogens with zero attached hydrogens (tertiary/aromatic N) is 2. The molecule has 1 aliphatic rings. The van der Waals surface area contributed by atoms with Crippen LogP contribution in [-0.4, -0.2) is 33.3 Å². The third kappa shape index (κ3) is 4.62. The number of carbonyl (C=O) groups is 1. The maximum atomic E-state index is 13.8. The van der Waals surface area contributed by atoms with Crippen molar-refractivity contribution in [1.82, 2.24) is 15.1 Å². The van der Waals surface area contributed by atoms with Crippen molar-refractivity contribution in [2.45, 2.75) is 18.9 Å². The van der Waals surface area contributed by atoms with E-state index in [-0.39, 0.29) is 23.2 Å². The summed E-state index contributed by atoms with van der Waals surface area (Å²) in [5.74, 6) is 0.262. The first-order valence-electron chi connectivity index (χ1n) is 9.82. The first-order valence-corrected chi connectivity index (χ1v) is 12.4. The largest absolute Gasteiger partial charge is 0.457 e. The summed E-state index contributed by atoms with van der Waals surface area (Å²) in [6.07, 6.45) is 1.93. The lowest BCUT2D eigenvalue weighted by molar-refractivity contribution is 0.100. The normalized spacial score (nSPS) is 16.2. The Bertz CT molecular complexity index is 1120. The van der Waals surface area contributed by atoms with E-state index in [4.69, 9.17) is 16.2 Å². The van der Waals surface area contributed by atoms with E-state index in [9.17, 15) is 9.18 Å². The second-order valence-electron chi connectivity index (χ2n) is 7.28. The number of anilines is 1. The van der Waals surface area contributed by atoms with E-state index < -0.39 is 26.6 Å². The first-order chi connectivity index (χ1) is 15.0. The van der Waals surface area contributed by atoms with Crippen LogP contribution in [-0.2, 0) is 0 Å². The van der Waals surface area contributed by atoms with Crippen molar-refractivity contribution >= 4 is 37.0 Å². The SMILES string of the molecule is C=Ic1cc(F)cc(Oc2ccc(-c3nn([C@@H]4CCCNC4)c(N)c3C(N)=O)cc2)c1. The van der Waals surface area contributed by atoms with Gasteiger partial charge in [-0.15, -0.1) is 0 Å². The van der Waals surface area contributed by atoms with Crippen LogP contribution in [0.15, 0.2) is 42.5 Å². The quantitative estimate of drug-likeness (QED) is 0.418. The topological polar surface area (TPSA) is 108 Å². The molecule has 0 spiro atoms. The maximum absolute atomic E-state index is 13.8. The number of nitrogen functional groups attached to an aromatic ring is 1. The van der Waals surface area contributed by atoms with E-state index in [1.165, 1.54) is 12.1 Å². The molecule has 31 heavy (non-hydrogen) atoms. The Labute approximate surface area is 189 Å². The lowest BCUT2D eigenvalue weighted by Gasteiger charge is -2.23. The molecule has 2 heterocycles. The number of primary amides is 1. The monoisotopic (exact) mass is 535 g/mol. The van der Waals surface area contributed by atoms with Crippen LogP contribution in [0.2, 0.25) is 0 Å². The van der Waals surface area contributed by atoms with Crippen LogP contribution in [0.4, 0.5) is 10.2 Å². The third-order valence-electron chi connectivity index (χ3n) is 5.16. The van der Waals surface area contributed by atoms with Crippen LogP contribution in [0, 0.1) is 9.39 Å². The minimum absolute atomic E-state index is 0.0706. The highest BCUT2D eigenvalue weighted by Gasteiger charge is 2.26. The van der Waals surface area contributed by atoms with Crippen LogP contribution in [0.5, 0.6) is 11.5 Å². The van der Waals surface area contributed by atoms with Gasteiger partial charge in [-0.3, -0.25) is 4.79 Å². The molecule has 4 rings (SSSR count). The molecule has 7 nitrogen and oxygen atoms in total. The number of halogens is 2. The van der Waals surface area contributed by atoms with Gasteiger partial charge in [0.15, 0.2) is 0 Å². The number of amides is 1. The lowest BCUT2D eigenvalue weighted by atomic mass is 10.1. The van der Waals surface area contributed by atoms with Crippen LogP contribution in [0.1, 0.15) is 29.2 Å². The van der Waals surface area contributed by atoms with Crippen molar-refractivity contribution in [3.05, 3.63) is 57.4 Å². The van der Waals surface area contributed by atoms with E-state index in [0.717, 1.165) is 29.5 Å². The molecule has 9 heteroatoms. The van der Waals surface area contributed by atoms with Crippen LogP contribution in [0.3, 0.4) is 0 Å². The Balaban J connectivity index is 1.63. The molecular weight excluding hydrogens is 512 g/mol. The molecule has 2 aromatic carbocycles. The minimum Gasteiger partial charge on any atom is -0.457 e. The number of nitrogens with one attached hydrogen (secondary N) is 1. The Kier molecular flexibility index (Phi) is 6.33. The fourth-order valence-corrected chi connectivity index (χ4v) is 4.74. The number of rotatable bonds is 6. The summed E-state index contributed by atoms with van der Waals surface area (Å²) in [6.45, 7) is 1.69. The Morgan fingerprint density at radius 2 is 2.03 bits per heavy atom. The van der Waals surface area contributed by atoms with E-state index in [0.29, 0.717) is 22.8 Å². The standard InChI is InChI=1S/C22H23FIN5O2/c1-24-15-9-14(23)10-18(11-15)31-17-6-4-13(5-7-17)20-19(22(26)30)21(25)29(28-20)16-3-2-8-27-12-16/h4-7,9-11,16,27H,1-3,8,12,25H2,(H2,26,30)/t16-/m1/s1. The number of ether oxygens (including phenoxy) is 1. The number of hydrogen-bond acceptors (Lipinski definition) is 5. The summed E-state index contributed by atoms with van der Waals surface area (Å²) in [4.78, 5) is 12.1. The van der Waals surface area contributed by atoms with Gasteiger partial charge in [0, 0.05) is 21.7 Å². The molecule has 5 N–H and O–H groups in total. The predicted octanol–water partition coefficient (Wildman–Crippen LogP) is 3.66.